The number of methoxy groups -OCH3 is 1. The molecule has 1 aromatic carbocycles. The number of nitrogens with zero attached hydrogens (tertiary/aromatic N) is 1. The van der Waals surface area contributed by atoms with E-state index in [0.717, 1.165) is 11.3 Å². The van der Waals surface area contributed by atoms with E-state index in [9.17, 15) is 4.39 Å². The summed E-state index contributed by atoms with van der Waals surface area (Å²) in [6, 6.07) is 2.72. The van der Waals surface area contributed by atoms with E-state index < -0.39 is 0 Å². The molecule has 6 heteroatoms. The number of benzene rings is 1. The third-order valence-electron chi connectivity index (χ3n) is 3.30. The van der Waals surface area contributed by atoms with Gasteiger partial charge in [0.2, 0.25) is 0 Å². The van der Waals surface area contributed by atoms with E-state index in [-0.39, 0.29) is 5.82 Å². The standard InChI is InChI=1S/C13H14FN3O2/c1-18-11-5-7(14)4-8-12(17-15)9-6-19-3-2-10(9)16-13(8)11/h4-5H,2-3,6,15H2,1H3,(H,16,17). The third-order valence-corrected chi connectivity index (χ3v) is 3.30. The number of anilines is 1. The molecule has 1 aliphatic heterocycles. The molecule has 2 aromatic rings. The second kappa shape index (κ2) is 4.64. The highest BCUT2D eigenvalue weighted by Crippen LogP contribution is 2.35. The highest BCUT2D eigenvalue weighted by atomic mass is 19.1. The fraction of sp³-hybridized carbons (Fsp3) is 0.308. The minimum absolute atomic E-state index is 0.390. The van der Waals surface area contributed by atoms with Gasteiger partial charge in [0.05, 0.1) is 31.7 Å². The summed E-state index contributed by atoms with van der Waals surface area (Å²) in [5.41, 5.74) is 5.69. The smallest absolute Gasteiger partial charge is 0.148 e. The second-order valence-electron chi connectivity index (χ2n) is 4.36. The number of hydrogen-bond donors (Lipinski definition) is 2. The predicted molar refractivity (Wildman–Crippen MR) is 69.4 cm³/mol. The Hall–Kier alpha value is -1.92. The zero-order valence-electron chi connectivity index (χ0n) is 10.5. The molecule has 0 radical (unpaired) electrons. The minimum Gasteiger partial charge on any atom is -0.494 e. The zero-order valence-corrected chi connectivity index (χ0v) is 10.5. The lowest BCUT2D eigenvalue weighted by Gasteiger charge is -2.21. The van der Waals surface area contributed by atoms with Gasteiger partial charge in [-0.05, 0) is 6.07 Å². The fourth-order valence-corrected chi connectivity index (χ4v) is 2.42. The lowest BCUT2D eigenvalue weighted by atomic mass is 10.0. The predicted octanol–water partition coefficient (Wildman–Crippen LogP) is 1.74. The molecule has 0 unspecified atom stereocenters. The molecule has 19 heavy (non-hydrogen) atoms. The van der Waals surface area contributed by atoms with Crippen LogP contribution in [0.3, 0.4) is 0 Å². The van der Waals surface area contributed by atoms with Crippen molar-refractivity contribution in [3.63, 3.8) is 0 Å². The summed E-state index contributed by atoms with van der Waals surface area (Å²) in [5, 5.41) is 0.601. The molecule has 0 bridgehead atoms. The Bertz CT molecular complexity index is 646. The number of halogens is 1. The van der Waals surface area contributed by atoms with Crippen LogP contribution in [0, 0.1) is 5.82 Å². The third kappa shape index (κ3) is 1.89. The van der Waals surface area contributed by atoms with Crippen molar-refractivity contribution in [2.75, 3.05) is 19.1 Å². The van der Waals surface area contributed by atoms with Gasteiger partial charge in [-0.15, -0.1) is 0 Å². The van der Waals surface area contributed by atoms with E-state index in [1.165, 1.54) is 19.2 Å². The number of rotatable bonds is 2. The Morgan fingerprint density at radius 2 is 2.32 bits per heavy atom. The number of nitrogens with one attached hydrogen (secondary N) is 1. The van der Waals surface area contributed by atoms with E-state index >= 15 is 0 Å². The van der Waals surface area contributed by atoms with Gasteiger partial charge in [0.1, 0.15) is 17.1 Å². The Kier molecular flexibility index (Phi) is 2.96. The van der Waals surface area contributed by atoms with Crippen LogP contribution in [0.2, 0.25) is 0 Å². The first-order valence-corrected chi connectivity index (χ1v) is 5.98. The molecule has 100 valence electrons. The maximum atomic E-state index is 13.6. The molecule has 3 rings (SSSR count). The summed E-state index contributed by atoms with van der Waals surface area (Å²) < 4.78 is 24.2. The number of aromatic nitrogens is 1. The van der Waals surface area contributed by atoms with Gasteiger partial charge >= 0.3 is 0 Å². The molecule has 3 N–H and O–H groups in total. The van der Waals surface area contributed by atoms with Crippen LogP contribution in [-0.4, -0.2) is 18.7 Å². The highest BCUT2D eigenvalue weighted by Gasteiger charge is 2.20. The SMILES string of the molecule is COc1cc(F)cc2c(NN)c3c(nc12)CCOC3. The summed E-state index contributed by atoms with van der Waals surface area (Å²) >= 11 is 0. The van der Waals surface area contributed by atoms with Crippen LogP contribution >= 0.6 is 0 Å². The lowest BCUT2D eigenvalue weighted by Crippen LogP contribution is -2.18. The fourth-order valence-electron chi connectivity index (χ4n) is 2.42. The summed E-state index contributed by atoms with van der Waals surface area (Å²) in [5.74, 6) is 5.60. The molecule has 0 fully saturated rings. The first-order chi connectivity index (χ1) is 9.24. The van der Waals surface area contributed by atoms with Crippen LogP contribution < -0.4 is 16.0 Å². The van der Waals surface area contributed by atoms with Gasteiger partial charge in [-0.25, -0.2) is 9.37 Å². The average Bonchev–Trinajstić information content (AvgIpc) is 2.44. The lowest BCUT2D eigenvalue weighted by molar-refractivity contribution is 0.110. The van der Waals surface area contributed by atoms with Gasteiger partial charge in [-0.1, -0.05) is 0 Å². The molecular formula is C13H14FN3O2. The van der Waals surface area contributed by atoms with Crippen molar-refractivity contribution in [3.8, 4) is 5.75 Å². The van der Waals surface area contributed by atoms with Crippen LogP contribution in [0.5, 0.6) is 5.75 Å². The number of nitrogens with two attached hydrogens (primary N) is 1. The molecule has 1 aromatic heterocycles. The van der Waals surface area contributed by atoms with Gasteiger partial charge in [-0.3, -0.25) is 5.84 Å². The van der Waals surface area contributed by atoms with E-state index in [1.807, 2.05) is 0 Å². The highest BCUT2D eigenvalue weighted by molar-refractivity contribution is 5.96. The first-order valence-electron chi connectivity index (χ1n) is 5.98. The average molecular weight is 263 g/mol. The molecule has 1 aliphatic rings. The number of hydrogen-bond acceptors (Lipinski definition) is 5. The summed E-state index contributed by atoms with van der Waals surface area (Å²) in [4.78, 5) is 4.57. The molecule has 0 spiro atoms. The molecule has 0 atom stereocenters. The van der Waals surface area contributed by atoms with Crippen LogP contribution in [0.1, 0.15) is 11.3 Å². The number of hydrazine groups is 1. The van der Waals surface area contributed by atoms with Crippen LogP contribution in [0.25, 0.3) is 10.9 Å². The van der Waals surface area contributed by atoms with Crippen LogP contribution in [-0.2, 0) is 17.8 Å². The van der Waals surface area contributed by atoms with Crippen molar-refractivity contribution < 1.29 is 13.9 Å². The minimum atomic E-state index is -0.390. The van der Waals surface area contributed by atoms with Crippen LogP contribution in [0.4, 0.5) is 10.1 Å². The Morgan fingerprint density at radius 1 is 1.47 bits per heavy atom. The quantitative estimate of drug-likeness (QED) is 0.638. The number of nitrogen functional groups attached to an aromatic ring is 1. The van der Waals surface area contributed by atoms with Gasteiger partial charge < -0.3 is 14.9 Å². The molecule has 5 nitrogen and oxygen atoms in total. The van der Waals surface area contributed by atoms with Crippen molar-refractivity contribution in [3.05, 3.63) is 29.2 Å². The van der Waals surface area contributed by atoms with Crippen molar-refractivity contribution in [1.29, 1.82) is 0 Å². The number of ether oxygens (including phenoxy) is 2. The number of fused-ring (bicyclic) bond motifs is 2. The summed E-state index contributed by atoms with van der Waals surface area (Å²) in [7, 11) is 1.49. The molecule has 0 aliphatic carbocycles. The van der Waals surface area contributed by atoms with E-state index in [4.69, 9.17) is 15.3 Å². The summed E-state index contributed by atoms with van der Waals surface area (Å²) in [6.07, 6.45) is 0.709. The molecule has 0 saturated carbocycles. The number of pyridine rings is 1. The van der Waals surface area contributed by atoms with Crippen molar-refractivity contribution in [1.82, 2.24) is 4.98 Å². The van der Waals surface area contributed by atoms with E-state index in [1.54, 1.807) is 0 Å². The maximum Gasteiger partial charge on any atom is 0.148 e. The second-order valence-corrected chi connectivity index (χ2v) is 4.36. The van der Waals surface area contributed by atoms with E-state index in [0.29, 0.717) is 42.0 Å². The van der Waals surface area contributed by atoms with Gasteiger partial charge in [0.15, 0.2) is 0 Å². The van der Waals surface area contributed by atoms with Gasteiger partial charge in [0.25, 0.3) is 0 Å². The van der Waals surface area contributed by atoms with Gasteiger partial charge in [0, 0.05) is 23.4 Å². The molecular weight excluding hydrogens is 249 g/mol. The normalized spacial score (nSPS) is 14.3. The Morgan fingerprint density at radius 3 is 3.05 bits per heavy atom. The van der Waals surface area contributed by atoms with Crippen molar-refractivity contribution in [2.24, 2.45) is 5.84 Å². The Labute approximate surface area is 109 Å². The topological polar surface area (TPSA) is 69.4 Å². The molecule has 2 heterocycles. The van der Waals surface area contributed by atoms with Crippen molar-refractivity contribution >= 4 is 16.6 Å². The Balaban J connectivity index is 2.39. The first kappa shape index (κ1) is 12.1. The largest absolute Gasteiger partial charge is 0.494 e. The zero-order chi connectivity index (χ0) is 13.4. The van der Waals surface area contributed by atoms with E-state index in [2.05, 4.69) is 10.4 Å². The van der Waals surface area contributed by atoms with Crippen LogP contribution in [0.15, 0.2) is 12.1 Å². The summed E-state index contributed by atoms with van der Waals surface area (Å²) in [6.45, 7) is 1.05. The maximum absolute atomic E-state index is 13.6. The molecule has 0 amide bonds. The molecule has 0 saturated heterocycles. The monoisotopic (exact) mass is 263 g/mol. The van der Waals surface area contributed by atoms with Crippen molar-refractivity contribution in [2.45, 2.75) is 13.0 Å². The van der Waals surface area contributed by atoms with Gasteiger partial charge in [-0.2, -0.15) is 0 Å².